The van der Waals surface area contributed by atoms with Gasteiger partial charge in [-0.15, -0.1) is 11.3 Å². The van der Waals surface area contributed by atoms with Crippen LogP contribution >= 0.6 is 11.3 Å². The molecule has 0 spiro atoms. The van der Waals surface area contributed by atoms with Gasteiger partial charge in [-0.25, -0.2) is 13.6 Å². The van der Waals surface area contributed by atoms with E-state index in [-0.39, 0.29) is 30.0 Å². The zero-order valence-corrected chi connectivity index (χ0v) is 22.3. The summed E-state index contributed by atoms with van der Waals surface area (Å²) in [5.74, 6) is 0.252. The highest BCUT2D eigenvalue weighted by Crippen LogP contribution is 2.42. The van der Waals surface area contributed by atoms with Gasteiger partial charge < -0.3 is 30.9 Å². The number of fused-ring (bicyclic) bond motifs is 1. The number of carbonyl (C=O) groups is 1. The maximum Gasteiger partial charge on any atom is 0.317 e. The van der Waals surface area contributed by atoms with Gasteiger partial charge in [-0.1, -0.05) is 0 Å². The van der Waals surface area contributed by atoms with Crippen molar-refractivity contribution >= 4 is 33.9 Å². The Morgan fingerprint density at radius 2 is 2.00 bits per heavy atom. The Kier molecular flexibility index (Phi) is 7.85. The number of hydrogen-bond donors (Lipinski definition) is 4. The lowest BCUT2D eigenvalue weighted by Crippen LogP contribution is -2.48. The number of ether oxygens (including phenoxy) is 1. The van der Waals surface area contributed by atoms with Crippen molar-refractivity contribution in [2.75, 3.05) is 50.5 Å². The molecule has 5 rings (SSSR count). The zero-order valence-electron chi connectivity index (χ0n) is 21.5. The Balaban J connectivity index is 1.51. The lowest BCUT2D eigenvalue weighted by Gasteiger charge is -2.38. The van der Waals surface area contributed by atoms with Crippen LogP contribution in [-0.4, -0.2) is 62.7 Å². The molecule has 8 nitrogen and oxygen atoms in total. The molecule has 5 N–H and O–H groups in total. The fourth-order valence-electron chi connectivity index (χ4n) is 5.50. The van der Waals surface area contributed by atoms with Gasteiger partial charge in [0.1, 0.15) is 5.84 Å². The molecule has 1 aromatic carbocycles. The van der Waals surface area contributed by atoms with E-state index < -0.39 is 6.43 Å². The Bertz CT molecular complexity index is 1240. The van der Waals surface area contributed by atoms with Gasteiger partial charge in [-0.3, -0.25) is 5.41 Å². The summed E-state index contributed by atoms with van der Waals surface area (Å²) in [6.45, 7) is 2.76. The minimum Gasteiger partial charge on any atom is -0.391 e. The second-order valence-corrected chi connectivity index (χ2v) is 11.0. The summed E-state index contributed by atoms with van der Waals surface area (Å²) >= 11 is 1.30. The van der Waals surface area contributed by atoms with Gasteiger partial charge in [0.05, 0.1) is 11.5 Å². The number of amides is 2. The van der Waals surface area contributed by atoms with Crippen molar-refractivity contribution in [1.29, 1.82) is 5.41 Å². The van der Waals surface area contributed by atoms with Crippen molar-refractivity contribution in [3.63, 3.8) is 0 Å². The highest BCUT2D eigenvalue weighted by molar-refractivity contribution is 7.19. The molecule has 38 heavy (non-hydrogen) atoms. The van der Waals surface area contributed by atoms with Gasteiger partial charge in [0.2, 0.25) is 0 Å². The SMILES string of the molecule is CNC(=O)N1CCC(NC2CCOCC2)=C(C(=N)N2CCCc3cc(-c4ccc(N)s4)c(C(F)F)cc32)C1. The van der Waals surface area contributed by atoms with Crippen molar-refractivity contribution in [2.45, 2.75) is 44.6 Å². The molecule has 3 aliphatic rings. The number of alkyl halides is 2. The summed E-state index contributed by atoms with van der Waals surface area (Å²) in [6, 6.07) is 6.95. The summed E-state index contributed by atoms with van der Waals surface area (Å²) in [5.41, 5.74) is 9.59. The van der Waals surface area contributed by atoms with E-state index in [0.717, 1.165) is 42.5 Å². The van der Waals surface area contributed by atoms with E-state index in [1.54, 1.807) is 30.1 Å². The quantitative estimate of drug-likeness (QED) is 0.322. The molecule has 1 fully saturated rings. The van der Waals surface area contributed by atoms with Crippen LogP contribution in [0.2, 0.25) is 0 Å². The maximum absolute atomic E-state index is 14.3. The number of carbonyl (C=O) groups excluding carboxylic acids is 1. The molecule has 204 valence electrons. The lowest BCUT2D eigenvalue weighted by atomic mass is 9.93. The van der Waals surface area contributed by atoms with E-state index in [4.69, 9.17) is 10.5 Å². The molecule has 3 aliphatic heterocycles. The molecule has 1 aromatic heterocycles. The smallest absolute Gasteiger partial charge is 0.317 e. The molecule has 2 amide bonds. The van der Waals surface area contributed by atoms with Gasteiger partial charge >= 0.3 is 6.03 Å². The summed E-state index contributed by atoms with van der Waals surface area (Å²) < 4.78 is 34.1. The molecule has 4 heterocycles. The number of nitrogen functional groups attached to an aromatic ring is 1. The summed E-state index contributed by atoms with van der Waals surface area (Å²) in [6.07, 6.45) is 1.23. The minimum atomic E-state index is -2.67. The fourth-order valence-corrected chi connectivity index (χ4v) is 6.31. The average molecular weight is 545 g/mol. The first-order valence-electron chi connectivity index (χ1n) is 13.1. The summed E-state index contributed by atoms with van der Waals surface area (Å²) in [5, 5.41) is 16.2. The van der Waals surface area contributed by atoms with Gasteiger partial charge in [-0.2, -0.15) is 0 Å². The number of aryl methyl sites for hydroxylation is 1. The van der Waals surface area contributed by atoms with Crippen LogP contribution in [0.1, 0.15) is 43.2 Å². The van der Waals surface area contributed by atoms with E-state index in [0.29, 0.717) is 53.9 Å². The highest BCUT2D eigenvalue weighted by atomic mass is 32.1. The molecule has 0 aliphatic carbocycles. The van der Waals surface area contributed by atoms with E-state index in [9.17, 15) is 19.0 Å². The lowest BCUT2D eigenvalue weighted by molar-refractivity contribution is 0.0798. The molecule has 0 bridgehead atoms. The van der Waals surface area contributed by atoms with E-state index >= 15 is 0 Å². The van der Waals surface area contributed by atoms with Crippen molar-refractivity contribution < 1.29 is 18.3 Å². The Hall–Kier alpha value is -3.18. The predicted molar refractivity (Wildman–Crippen MR) is 147 cm³/mol. The molecule has 0 saturated carbocycles. The first-order chi connectivity index (χ1) is 18.4. The Labute approximate surface area is 225 Å². The van der Waals surface area contributed by atoms with Gasteiger partial charge in [-0.05, 0) is 55.5 Å². The molecule has 11 heteroatoms. The van der Waals surface area contributed by atoms with Gasteiger partial charge in [0, 0.05) is 78.8 Å². The number of nitrogens with zero attached hydrogens (tertiary/aromatic N) is 2. The number of benzene rings is 1. The highest BCUT2D eigenvalue weighted by Gasteiger charge is 2.32. The van der Waals surface area contributed by atoms with E-state index in [1.165, 1.54) is 11.3 Å². The van der Waals surface area contributed by atoms with E-state index in [1.807, 2.05) is 11.0 Å². The molecular weight excluding hydrogens is 510 g/mol. The molecule has 2 aromatic rings. The first-order valence-corrected chi connectivity index (χ1v) is 13.9. The van der Waals surface area contributed by atoms with Crippen LogP contribution in [0.15, 0.2) is 35.5 Å². The number of halogens is 2. The van der Waals surface area contributed by atoms with Gasteiger partial charge in [0.15, 0.2) is 0 Å². The largest absolute Gasteiger partial charge is 0.391 e. The van der Waals surface area contributed by atoms with Crippen molar-refractivity contribution in [3.05, 3.63) is 46.7 Å². The Morgan fingerprint density at radius 3 is 2.68 bits per heavy atom. The molecule has 0 radical (unpaired) electrons. The predicted octanol–water partition coefficient (Wildman–Crippen LogP) is 4.73. The number of rotatable bonds is 5. The fraction of sp³-hybridized carbons (Fsp3) is 0.481. The summed E-state index contributed by atoms with van der Waals surface area (Å²) in [4.78, 5) is 16.7. The number of nitrogens with two attached hydrogens (primary N) is 1. The average Bonchev–Trinajstić information content (AvgIpc) is 3.38. The topological polar surface area (TPSA) is 107 Å². The molecule has 0 atom stereocenters. The van der Waals surface area contributed by atoms with Crippen LogP contribution in [0.3, 0.4) is 0 Å². The normalized spacial score (nSPS) is 18.5. The number of urea groups is 1. The van der Waals surface area contributed by atoms with E-state index in [2.05, 4.69) is 10.6 Å². The van der Waals surface area contributed by atoms with Crippen LogP contribution < -0.4 is 21.3 Å². The van der Waals surface area contributed by atoms with Crippen molar-refractivity contribution in [3.8, 4) is 10.4 Å². The van der Waals surface area contributed by atoms with Crippen LogP contribution in [0.25, 0.3) is 10.4 Å². The van der Waals surface area contributed by atoms with Crippen LogP contribution in [0, 0.1) is 5.41 Å². The third kappa shape index (κ3) is 5.35. The minimum absolute atomic E-state index is 0.0598. The molecule has 1 saturated heterocycles. The maximum atomic E-state index is 14.3. The van der Waals surface area contributed by atoms with Crippen LogP contribution in [-0.2, 0) is 11.2 Å². The van der Waals surface area contributed by atoms with Crippen LogP contribution in [0.4, 0.5) is 24.3 Å². The van der Waals surface area contributed by atoms with Crippen LogP contribution in [0.5, 0.6) is 0 Å². The molecular formula is C27H34F2N6O2S. The number of amidine groups is 1. The number of hydrogen-bond acceptors (Lipinski definition) is 6. The third-order valence-corrected chi connectivity index (χ3v) is 8.45. The zero-order chi connectivity index (χ0) is 26.8. The second-order valence-electron chi connectivity index (χ2n) is 9.89. The summed E-state index contributed by atoms with van der Waals surface area (Å²) in [7, 11) is 1.60. The van der Waals surface area contributed by atoms with Gasteiger partial charge in [0.25, 0.3) is 6.43 Å². The van der Waals surface area contributed by atoms with Crippen molar-refractivity contribution in [2.24, 2.45) is 0 Å². The Morgan fingerprint density at radius 1 is 1.21 bits per heavy atom. The number of nitrogens with one attached hydrogen (secondary N) is 3. The monoisotopic (exact) mass is 544 g/mol. The molecule has 0 unspecified atom stereocenters. The number of thiophene rings is 1. The third-order valence-electron chi connectivity index (χ3n) is 7.50. The standard InChI is InChI=1S/C27H34F2N6O2S/c1-32-27(36)34-10-6-21(33-17-7-11-37-12-8-17)20(15-34)26(31)35-9-2-3-16-13-18(23-4-5-24(30)38-23)19(25(28)29)14-22(16)35/h4-5,13-14,17,25,31,33H,2-3,6-12,15,30H2,1H3,(H,32,36). The first kappa shape index (κ1) is 26.4. The van der Waals surface area contributed by atoms with Crippen molar-refractivity contribution in [1.82, 2.24) is 15.5 Å². The number of anilines is 2. The second kappa shape index (κ2) is 11.3.